The number of esters is 1. The van der Waals surface area contributed by atoms with Gasteiger partial charge in [-0.1, -0.05) is 30.3 Å². The highest BCUT2D eigenvalue weighted by atomic mass is 32.1. The number of carbonyl (C=O) groups is 2. The second kappa shape index (κ2) is 11.9. The Hall–Kier alpha value is -4.50. The van der Waals surface area contributed by atoms with Crippen molar-refractivity contribution in [1.29, 1.82) is 0 Å². The van der Waals surface area contributed by atoms with Gasteiger partial charge in [-0.2, -0.15) is 0 Å². The molecule has 1 saturated heterocycles. The van der Waals surface area contributed by atoms with Crippen LogP contribution in [0.5, 0.6) is 0 Å². The molecule has 2 aromatic heterocycles. The average molecular weight is 568 g/mol. The molecule has 210 valence electrons. The van der Waals surface area contributed by atoms with Gasteiger partial charge in [0.15, 0.2) is 5.11 Å². The minimum absolute atomic E-state index is 0.0766. The molecule has 41 heavy (non-hydrogen) atoms. The van der Waals surface area contributed by atoms with Crippen LogP contribution in [0.1, 0.15) is 57.1 Å². The molecular formula is C32H33N5O3S. The van der Waals surface area contributed by atoms with Crippen LogP contribution < -0.4 is 10.6 Å². The summed E-state index contributed by atoms with van der Waals surface area (Å²) in [7, 11) is 1.38. The molecule has 1 aliphatic rings. The smallest absolute Gasteiger partial charge is 0.337 e. The number of aryl methyl sites for hydroxylation is 2. The van der Waals surface area contributed by atoms with Crippen LogP contribution in [-0.2, 0) is 9.53 Å². The van der Waals surface area contributed by atoms with Crippen molar-refractivity contribution in [2.75, 3.05) is 19.0 Å². The molecule has 0 bridgehead atoms. The average Bonchev–Trinajstić information content (AvgIpc) is 3.47. The van der Waals surface area contributed by atoms with E-state index < -0.39 is 0 Å². The van der Waals surface area contributed by atoms with Gasteiger partial charge in [0.05, 0.1) is 30.5 Å². The molecule has 0 saturated carbocycles. The van der Waals surface area contributed by atoms with Crippen LogP contribution in [0.3, 0.4) is 0 Å². The topological polar surface area (TPSA) is 88.5 Å². The van der Waals surface area contributed by atoms with Crippen molar-refractivity contribution in [1.82, 2.24) is 19.8 Å². The lowest BCUT2D eigenvalue weighted by atomic mass is 9.96. The van der Waals surface area contributed by atoms with Gasteiger partial charge in [-0.15, -0.1) is 0 Å². The van der Waals surface area contributed by atoms with Crippen molar-refractivity contribution in [3.63, 3.8) is 0 Å². The van der Waals surface area contributed by atoms with Gasteiger partial charge in [0, 0.05) is 41.9 Å². The lowest BCUT2D eigenvalue weighted by Gasteiger charge is -2.28. The molecule has 9 heteroatoms. The largest absolute Gasteiger partial charge is 0.465 e. The minimum Gasteiger partial charge on any atom is -0.465 e. The molecule has 0 spiro atoms. The summed E-state index contributed by atoms with van der Waals surface area (Å²) in [5.74, 6) is -0.461. The standard InChI is InChI=1S/C32H33N5O3S/c1-20-10-5-6-13-26(20)34-28(38)15-17-36-30(29(35-32(36)41)27-14-7-8-16-33-27)25-18-21(2)37(22(25)3)24-12-9-11-23(19-24)31(39)40-4/h5-14,16,18-19,29-30H,15,17H2,1-4H3,(H,34,38)(H,35,41). The molecule has 1 amide bonds. The Bertz CT molecular complexity index is 1600. The summed E-state index contributed by atoms with van der Waals surface area (Å²) < 4.78 is 7.06. The Morgan fingerprint density at radius 1 is 1.02 bits per heavy atom. The number of benzene rings is 2. The Morgan fingerprint density at radius 2 is 1.80 bits per heavy atom. The van der Waals surface area contributed by atoms with E-state index in [0.717, 1.165) is 39.6 Å². The van der Waals surface area contributed by atoms with Gasteiger partial charge in [0.25, 0.3) is 0 Å². The van der Waals surface area contributed by atoms with E-state index in [9.17, 15) is 9.59 Å². The summed E-state index contributed by atoms with van der Waals surface area (Å²) in [5, 5.41) is 7.08. The van der Waals surface area contributed by atoms with Crippen LogP contribution in [0.4, 0.5) is 5.69 Å². The predicted octanol–water partition coefficient (Wildman–Crippen LogP) is 5.59. The van der Waals surface area contributed by atoms with Gasteiger partial charge in [0.1, 0.15) is 0 Å². The number of hydrogen-bond acceptors (Lipinski definition) is 5. The van der Waals surface area contributed by atoms with Gasteiger partial charge >= 0.3 is 5.97 Å². The Labute approximate surface area is 245 Å². The number of anilines is 1. The molecular weight excluding hydrogens is 534 g/mol. The maximum absolute atomic E-state index is 13.0. The molecule has 4 aromatic rings. The zero-order valence-electron chi connectivity index (χ0n) is 23.5. The van der Waals surface area contributed by atoms with Gasteiger partial charge in [-0.05, 0) is 86.6 Å². The number of aromatic nitrogens is 2. The first-order chi connectivity index (χ1) is 19.8. The van der Waals surface area contributed by atoms with E-state index >= 15 is 0 Å². The number of ether oxygens (including phenoxy) is 1. The number of carbonyl (C=O) groups excluding carboxylic acids is 2. The van der Waals surface area contributed by atoms with E-state index in [-0.39, 0.29) is 30.4 Å². The number of nitrogens with zero attached hydrogens (tertiary/aromatic N) is 3. The number of methoxy groups -OCH3 is 1. The van der Waals surface area contributed by atoms with Crippen molar-refractivity contribution in [3.8, 4) is 5.69 Å². The van der Waals surface area contributed by atoms with Crippen LogP contribution >= 0.6 is 12.2 Å². The van der Waals surface area contributed by atoms with E-state index in [4.69, 9.17) is 17.0 Å². The highest BCUT2D eigenvalue weighted by Crippen LogP contribution is 2.41. The van der Waals surface area contributed by atoms with Crippen LogP contribution in [0.2, 0.25) is 0 Å². The van der Waals surface area contributed by atoms with E-state index in [0.29, 0.717) is 17.2 Å². The number of para-hydroxylation sites is 1. The lowest BCUT2D eigenvalue weighted by molar-refractivity contribution is -0.116. The van der Waals surface area contributed by atoms with E-state index in [2.05, 4.69) is 38.1 Å². The first kappa shape index (κ1) is 28.0. The number of thiocarbonyl (C=S) groups is 1. The quantitative estimate of drug-likeness (QED) is 0.212. The number of amides is 1. The van der Waals surface area contributed by atoms with E-state index in [1.807, 2.05) is 74.5 Å². The van der Waals surface area contributed by atoms with Gasteiger partial charge < -0.3 is 24.8 Å². The molecule has 1 fully saturated rings. The molecule has 2 unspecified atom stereocenters. The second-order valence-electron chi connectivity index (χ2n) is 10.1. The Kier molecular flexibility index (Phi) is 8.16. The fourth-order valence-electron chi connectivity index (χ4n) is 5.51. The summed E-state index contributed by atoms with van der Waals surface area (Å²) in [6.45, 7) is 6.50. The molecule has 3 heterocycles. The number of nitrogens with one attached hydrogen (secondary N) is 2. The monoisotopic (exact) mass is 567 g/mol. The summed E-state index contributed by atoms with van der Waals surface area (Å²) in [6, 6.07) is 22.7. The lowest BCUT2D eigenvalue weighted by Crippen LogP contribution is -2.33. The summed E-state index contributed by atoms with van der Waals surface area (Å²) >= 11 is 5.83. The molecule has 2 aromatic carbocycles. The first-order valence-electron chi connectivity index (χ1n) is 13.5. The van der Waals surface area contributed by atoms with E-state index in [1.54, 1.807) is 12.3 Å². The SMILES string of the molecule is COC(=O)c1cccc(-n2c(C)cc(C3C(c4ccccn4)NC(=S)N3CCC(=O)Nc3ccccc3C)c2C)c1. The van der Waals surface area contributed by atoms with Crippen LogP contribution in [0.15, 0.2) is 79.0 Å². The normalized spacial score (nSPS) is 16.4. The Balaban J connectivity index is 1.49. The molecule has 0 aliphatic carbocycles. The van der Waals surface area contributed by atoms with Crippen molar-refractivity contribution >= 4 is 34.9 Å². The fraction of sp³-hybridized carbons (Fsp3) is 0.250. The van der Waals surface area contributed by atoms with Gasteiger partial charge in [-0.3, -0.25) is 9.78 Å². The number of rotatable bonds is 8. The minimum atomic E-state index is -0.384. The van der Waals surface area contributed by atoms with Crippen molar-refractivity contribution in [2.24, 2.45) is 0 Å². The van der Waals surface area contributed by atoms with Crippen molar-refractivity contribution < 1.29 is 14.3 Å². The second-order valence-corrected chi connectivity index (χ2v) is 10.5. The first-order valence-corrected chi connectivity index (χ1v) is 13.9. The Morgan fingerprint density at radius 3 is 2.54 bits per heavy atom. The molecule has 2 N–H and O–H groups in total. The zero-order valence-corrected chi connectivity index (χ0v) is 24.4. The molecule has 1 aliphatic heterocycles. The summed E-state index contributed by atoms with van der Waals surface area (Å²) in [5.41, 5.74) is 7.11. The third kappa shape index (κ3) is 5.71. The molecule has 5 rings (SSSR count). The summed E-state index contributed by atoms with van der Waals surface area (Å²) in [6.07, 6.45) is 2.04. The van der Waals surface area contributed by atoms with Crippen LogP contribution in [0.25, 0.3) is 5.69 Å². The molecule has 0 radical (unpaired) electrons. The third-order valence-corrected chi connectivity index (χ3v) is 7.86. The van der Waals surface area contributed by atoms with Crippen LogP contribution in [0, 0.1) is 20.8 Å². The van der Waals surface area contributed by atoms with Gasteiger partial charge in [0.2, 0.25) is 5.91 Å². The zero-order chi connectivity index (χ0) is 29.1. The number of pyridine rings is 1. The van der Waals surface area contributed by atoms with Crippen LogP contribution in [-0.4, -0.2) is 45.1 Å². The van der Waals surface area contributed by atoms with E-state index in [1.165, 1.54) is 7.11 Å². The van der Waals surface area contributed by atoms with Crippen molar-refractivity contribution in [3.05, 3.63) is 113 Å². The highest BCUT2D eigenvalue weighted by molar-refractivity contribution is 7.80. The highest BCUT2D eigenvalue weighted by Gasteiger charge is 2.41. The predicted molar refractivity (Wildman–Crippen MR) is 163 cm³/mol. The molecule has 8 nitrogen and oxygen atoms in total. The third-order valence-electron chi connectivity index (χ3n) is 7.51. The molecule has 2 atom stereocenters. The van der Waals surface area contributed by atoms with Crippen molar-refractivity contribution in [2.45, 2.75) is 39.3 Å². The maximum Gasteiger partial charge on any atom is 0.337 e. The number of hydrogen-bond donors (Lipinski definition) is 2. The maximum atomic E-state index is 13.0. The van der Waals surface area contributed by atoms with Gasteiger partial charge in [-0.25, -0.2) is 4.79 Å². The fourth-order valence-corrected chi connectivity index (χ4v) is 5.84. The summed E-state index contributed by atoms with van der Waals surface area (Å²) in [4.78, 5) is 31.9.